The molecule has 15 heavy (non-hydrogen) atoms. The average molecular weight is 275 g/mol. The fourth-order valence-electron chi connectivity index (χ4n) is 1.12. The summed E-state index contributed by atoms with van der Waals surface area (Å²) in [4.78, 5) is 0. The van der Waals surface area contributed by atoms with E-state index in [-0.39, 0.29) is 6.10 Å². The first-order valence-electron chi connectivity index (χ1n) is 4.78. The Morgan fingerprint density at radius 3 is 2.80 bits per heavy atom. The van der Waals surface area contributed by atoms with Crippen LogP contribution in [0.25, 0.3) is 0 Å². The molecule has 0 heterocycles. The summed E-state index contributed by atoms with van der Waals surface area (Å²) in [6, 6.07) is 5.60. The van der Waals surface area contributed by atoms with Gasteiger partial charge in [-0.3, -0.25) is 0 Å². The molecule has 0 saturated carbocycles. The van der Waals surface area contributed by atoms with Gasteiger partial charge in [-0.15, -0.1) is 0 Å². The van der Waals surface area contributed by atoms with E-state index in [4.69, 9.17) is 14.6 Å². The van der Waals surface area contributed by atoms with E-state index < -0.39 is 0 Å². The lowest BCUT2D eigenvalue weighted by atomic mass is 10.3. The molecule has 1 aromatic rings. The number of halogens is 1. The predicted octanol–water partition coefficient (Wildman–Crippen LogP) is 2.61. The maximum absolute atomic E-state index is 9.10. The van der Waals surface area contributed by atoms with E-state index in [1.807, 2.05) is 18.2 Å². The molecule has 0 amide bonds. The normalized spacial score (nSPS) is 12.3. The minimum absolute atomic E-state index is 0.349. The van der Waals surface area contributed by atoms with Crippen molar-refractivity contribution in [2.75, 3.05) is 13.7 Å². The quantitative estimate of drug-likeness (QED) is 0.897. The summed E-state index contributed by atoms with van der Waals surface area (Å²) in [5, 5.41) is 9.10. The molecule has 0 saturated heterocycles. The van der Waals surface area contributed by atoms with Gasteiger partial charge in [-0.25, -0.2) is 0 Å². The lowest BCUT2D eigenvalue weighted by molar-refractivity contribution is 0.154. The first-order valence-corrected chi connectivity index (χ1v) is 5.57. The summed E-state index contributed by atoms with van der Waals surface area (Å²) in [5.74, 6) is 1.37. The van der Waals surface area contributed by atoms with Gasteiger partial charge in [0.1, 0.15) is 0 Å². The first-order chi connectivity index (χ1) is 7.15. The van der Waals surface area contributed by atoms with Crippen LogP contribution < -0.4 is 9.47 Å². The standard InChI is InChI=1S/C11H15BrO3/c1-8(13)6-7-15-11-9(12)4-3-5-10(11)14-2/h3-5,8,13H,6-7H2,1-2H3. The molecule has 84 valence electrons. The molecule has 0 radical (unpaired) electrons. The second-order valence-electron chi connectivity index (χ2n) is 3.26. The van der Waals surface area contributed by atoms with E-state index >= 15 is 0 Å². The maximum Gasteiger partial charge on any atom is 0.175 e. The van der Waals surface area contributed by atoms with Gasteiger partial charge in [0.25, 0.3) is 0 Å². The second-order valence-corrected chi connectivity index (χ2v) is 4.11. The number of hydrogen-bond acceptors (Lipinski definition) is 3. The molecule has 0 aromatic heterocycles. The van der Waals surface area contributed by atoms with Crippen molar-refractivity contribution in [2.45, 2.75) is 19.4 Å². The molecular formula is C11H15BrO3. The fraction of sp³-hybridized carbons (Fsp3) is 0.455. The molecule has 0 aliphatic carbocycles. The number of benzene rings is 1. The van der Waals surface area contributed by atoms with Gasteiger partial charge in [0.2, 0.25) is 0 Å². The van der Waals surface area contributed by atoms with E-state index in [0.29, 0.717) is 24.5 Å². The lowest BCUT2D eigenvalue weighted by Gasteiger charge is -2.12. The zero-order valence-electron chi connectivity index (χ0n) is 8.87. The van der Waals surface area contributed by atoms with Crippen LogP contribution in [-0.4, -0.2) is 24.9 Å². The number of ether oxygens (including phenoxy) is 2. The summed E-state index contributed by atoms with van der Waals surface area (Å²) in [7, 11) is 1.60. The number of methoxy groups -OCH3 is 1. The van der Waals surface area contributed by atoms with Crippen molar-refractivity contribution in [1.29, 1.82) is 0 Å². The van der Waals surface area contributed by atoms with Gasteiger partial charge < -0.3 is 14.6 Å². The highest BCUT2D eigenvalue weighted by atomic mass is 79.9. The summed E-state index contributed by atoms with van der Waals surface area (Å²) < 4.78 is 11.6. The molecule has 4 heteroatoms. The summed E-state index contributed by atoms with van der Waals surface area (Å²) in [5.41, 5.74) is 0. The van der Waals surface area contributed by atoms with E-state index in [0.717, 1.165) is 4.47 Å². The fourth-order valence-corrected chi connectivity index (χ4v) is 1.58. The van der Waals surface area contributed by atoms with Crippen molar-refractivity contribution in [3.63, 3.8) is 0 Å². The van der Waals surface area contributed by atoms with Crippen LogP contribution in [0, 0.1) is 0 Å². The third kappa shape index (κ3) is 3.72. The smallest absolute Gasteiger partial charge is 0.175 e. The molecular weight excluding hydrogens is 260 g/mol. The number of aliphatic hydroxyl groups is 1. The highest BCUT2D eigenvalue weighted by molar-refractivity contribution is 9.10. The van der Waals surface area contributed by atoms with Crippen LogP contribution in [0.4, 0.5) is 0 Å². The van der Waals surface area contributed by atoms with Crippen molar-refractivity contribution >= 4 is 15.9 Å². The Morgan fingerprint density at radius 1 is 1.47 bits per heavy atom. The molecule has 0 aliphatic heterocycles. The van der Waals surface area contributed by atoms with Crippen LogP contribution in [-0.2, 0) is 0 Å². The Balaban J connectivity index is 2.66. The number of para-hydroxylation sites is 1. The van der Waals surface area contributed by atoms with Crippen molar-refractivity contribution < 1.29 is 14.6 Å². The van der Waals surface area contributed by atoms with Gasteiger partial charge in [-0.2, -0.15) is 0 Å². The summed E-state index contributed by atoms with van der Waals surface area (Å²) >= 11 is 3.39. The maximum atomic E-state index is 9.10. The molecule has 1 N–H and O–H groups in total. The van der Waals surface area contributed by atoms with E-state index in [1.54, 1.807) is 14.0 Å². The molecule has 1 atom stereocenters. The third-order valence-electron chi connectivity index (χ3n) is 1.93. The Labute approximate surface area is 98.1 Å². The van der Waals surface area contributed by atoms with E-state index in [9.17, 15) is 0 Å². The van der Waals surface area contributed by atoms with Gasteiger partial charge >= 0.3 is 0 Å². The minimum atomic E-state index is -0.349. The zero-order chi connectivity index (χ0) is 11.3. The van der Waals surface area contributed by atoms with Crippen molar-refractivity contribution in [3.8, 4) is 11.5 Å². The van der Waals surface area contributed by atoms with Gasteiger partial charge in [-0.05, 0) is 35.0 Å². The largest absolute Gasteiger partial charge is 0.493 e. The molecule has 1 unspecified atom stereocenters. The van der Waals surface area contributed by atoms with Crippen LogP contribution in [0.15, 0.2) is 22.7 Å². The molecule has 1 rings (SSSR count). The van der Waals surface area contributed by atoms with Crippen LogP contribution >= 0.6 is 15.9 Å². The Bertz CT molecular complexity index is 313. The highest BCUT2D eigenvalue weighted by Gasteiger charge is 2.08. The SMILES string of the molecule is COc1cccc(Br)c1OCCC(C)O. The van der Waals surface area contributed by atoms with Crippen LogP contribution in [0.1, 0.15) is 13.3 Å². The third-order valence-corrected chi connectivity index (χ3v) is 2.56. The van der Waals surface area contributed by atoms with Gasteiger partial charge in [-0.1, -0.05) is 6.07 Å². The van der Waals surface area contributed by atoms with E-state index in [2.05, 4.69) is 15.9 Å². The summed E-state index contributed by atoms with van der Waals surface area (Å²) in [6.45, 7) is 2.21. The first kappa shape index (κ1) is 12.3. The van der Waals surface area contributed by atoms with Crippen molar-refractivity contribution in [2.24, 2.45) is 0 Å². The second kappa shape index (κ2) is 5.98. The highest BCUT2D eigenvalue weighted by Crippen LogP contribution is 2.34. The predicted molar refractivity (Wildman–Crippen MR) is 62.5 cm³/mol. The van der Waals surface area contributed by atoms with Crippen molar-refractivity contribution in [3.05, 3.63) is 22.7 Å². The molecule has 1 aromatic carbocycles. The molecule has 0 bridgehead atoms. The van der Waals surface area contributed by atoms with Gasteiger partial charge in [0.05, 0.1) is 24.3 Å². The molecule has 0 spiro atoms. The topological polar surface area (TPSA) is 38.7 Å². The van der Waals surface area contributed by atoms with Gasteiger partial charge in [0.15, 0.2) is 11.5 Å². The van der Waals surface area contributed by atoms with Crippen molar-refractivity contribution in [1.82, 2.24) is 0 Å². The Hall–Kier alpha value is -0.740. The molecule has 0 aliphatic rings. The summed E-state index contributed by atoms with van der Waals surface area (Å²) in [6.07, 6.45) is 0.253. The van der Waals surface area contributed by atoms with Crippen LogP contribution in [0.5, 0.6) is 11.5 Å². The minimum Gasteiger partial charge on any atom is -0.493 e. The Morgan fingerprint density at radius 2 is 2.20 bits per heavy atom. The van der Waals surface area contributed by atoms with Gasteiger partial charge in [0, 0.05) is 6.42 Å². The zero-order valence-corrected chi connectivity index (χ0v) is 10.5. The monoisotopic (exact) mass is 274 g/mol. The average Bonchev–Trinajstić information content (AvgIpc) is 2.20. The molecule has 0 fully saturated rings. The van der Waals surface area contributed by atoms with E-state index in [1.165, 1.54) is 0 Å². The number of rotatable bonds is 5. The lowest BCUT2D eigenvalue weighted by Crippen LogP contribution is -2.08. The van der Waals surface area contributed by atoms with Crippen LogP contribution in [0.2, 0.25) is 0 Å². The number of aliphatic hydroxyl groups excluding tert-OH is 1. The number of hydrogen-bond donors (Lipinski definition) is 1. The molecule has 3 nitrogen and oxygen atoms in total. The van der Waals surface area contributed by atoms with Crippen LogP contribution in [0.3, 0.4) is 0 Å². The Kier molecular flexibility index (Phi) is 4.91.